The number of likely N-dealkylation sites (tertiary alicyclic amines) is 1. The van der Waals surface area contributed by atoms with Crippen LogP contribution in [0.25, 0.3) is 0 Å². The first-order chi connectivity index (χ1) is 12.6. The topological polar surface area (TPSA) is 70.2 Å². The molecule has 2 aromatic rings. The second-order valence-corrected chi connectivity index (χ2v) is 7.79. The van der Waals surface area contributed by atoms with Crippen molar-refractivity contribution >= 4 is 34.8 Å². The molecule has 26 heavy (non-hydrogen) atoms. The number of hydrogen-bond donors (Lipinski definition) is 2. The lowest BCUT2D eigenvalue weighted by molar-refractivity contribution is 0.101. The van der Waals surface area contributed by atoms with Gasteiger partial charge in [-0.1, -0.05) is 24.3 Å². The fourth-order valence-corrected chi connectivity index (χ4v) is 3.95. The zero-order valence-electron chi connectivity index (χ0n) is 14.1. The number of thiophene rings is 1. The van der Waals surface area contributed by atoms with Crippen LogP contribution in [0.3, 0.4) is 0 Å². The standard InChI is InChI=1S/C17H20ClFN4O2S/c1-2-9-25-17(24)23-7-5-11(6-8-23)15-14(19)16(22-21-15)20-10-12-3-4-13(18)26-12/h2-4,11H,1,5-10H2,(H2,20,21,22). The number of amides is 1. The molecule has 1 aliphatic heterocycles. The number of nitrogens with one attached hydrogen (secondary N) is 2. The van der Waals surface area contributed by atoms with Crippen LogP contribution in [0.4, 0.5) is 15.0 Å². The van der Waals surface area contributed by atoms with Crippen LogP contribution in [0.2, 0.25) is 4.34 Å². The number of piperidine rings is 1. The first kappa shape index (κ1) is 18.7. The highest BCUT2D eigenvalue weighted by Crippen LogP contribution is 2.31. The molecule has 1 amide bonds. The van der Waals surface area contributed by atoms with Crippen molar-refractivity contribution in [2.45, 2.75) is 25.3 Å². The molecule has 3 rings (SSSR count). The number of carbonyl (C=O) groups is 1. The van der Waals surface area contributed by atoms with Crippen LogP contribution in [-0.2, 0) is 11.3 Å². The molecule has 0 saturated carbocycles. The third-order valence-electron chi connectivity index (χ3n) is 4.28. The second-order valence-electron chi connectivity index (χ2n) is 5.99. The van der Waals surface area contributed by atoms with E-state index >= 15 is 0 Å². The van der Waals surface area contributed by atoms with Crippen molar-refractivity contribution in [1.82, 2.24) is 15.1 Å². The summed E-state index contributed by atoms with van der Waals surface area (Å²) in [6.45, 7) is 5.22. The van der Waals surface area contributed by atoms with E-state index in [2.05, 4.69) is 22.1 Å². The number of nitrogens with zero attached hydrogens (tertiary/aromatic N) is 2. The second kappa shape index (κ2) is 8.55. The quantitative estimate of drug-likeness (QED) is 0.708. The van der Waals surface area contributed by atoms with E-state index in [4.69, 9.17) is 16.3 Å². The van der Waals surface area contributed by atoms with E-state index in [-0.39, 0.29) is 30.3 Å². The van der Waals surface area contributed by atoms with Crippen molar-refractivity contribution in [2.75, 3.05) is 25.0 Å². The van der Waals surface area contributed by atoms with Gasteiger partial charge in [-0.2, -0.15) is 5.10 Å². The number of aromatic amines is 1. The van der Waals surface area contributed by atoms with Crippen molar-refractivity contribution in [3.8, 4) is 0 Å². The molecule has 2 N–H and O–H groups in total. The Balaban J connectivity index is 1.55. The maximum atomic E-state index is 14.7. The number of carbonyl (C=O) groups excluding carboxylic acids is 1. The van der Waals surface area contributed by atoms with Crippen LogP contribution >= 0.6 is 22.9 Å². The summed E-state index contributed by atoms with van der Waals surface area (Å²) in [5.74, 6) is -0.157. The van der Waals surface area contributed by atoms with E-state index < -0.39 is 0 Å². The molecule has 0 radical (unpaired) electrons. The minimum absolute atomic E-state index is 0.00214. The predicted octanol–water partition coefficient (Wildman–Crippen LogP) is 4.38. The molecule has 0 aliphatic carbocycles. The van der Waals surface area contributed by atoms with Gasteiger partial charge in [0.1, 0.15) is 6.61 Å². The number of H-pyrrole nitrogens is 1. The third kappa shape index (κ3) is 4.37. The molecule has 0 aromatic carbocycles. The number of anilines is 1. The molecule has 6 nitrogen and oxygen atoms in total. The molecule has 9 heteroatoms. The van der Waals surface area contributed by atoms with Crippen LogP contribution in [0.5, 0.6) is 0 Å². The lowest BCUT2D eigenvalue weighted by Crippen LogP contribution is -2.38. The van der Waals surface area contributed by atoms with Crippen molar-refractivity contribution in [2.24, 2.45) is 0 Å². The van der Waals surface area contributed by atoms with Crippen LogP contribution in [-0.4, -0.2) is 40.9 Å². The van der Waals surface area contributed by atoms with Crippen LogP contribution in [0.15, 0.2) is 24.8 Å². The van der Waals surface area contributed by atoms with Crippen molar-refractivity contribution < 1.29 is 13.9 Å². The fraction of sp³-hybridized carbons (Fsp3) is 0.412. The molecule has 1 saturated heterocycles. The molecule has 3 heterocycles. The Labute approximate surface area is 160 Å². The number of halogens is 2. The van der Waals surface area contributed by atoms with Gasteiger partial charge >= 0.3 is 6.09 Å². The minimum atomic E-state index is -0.361. The van der Waals surface area contributed by atoms with Gasteiger partial charge in [0.05, 0.1) is 16.6 Å². The number of ether oxygens (including phenoxy) is 1. The predicted molar refractivity (Wildman–Crippen MR) is 100 cm³/mol. The summed E-state index contributed by atoms with van der Waals surface area (Å²) in [5.41, 5.74) is 0.482. The molecule has 0 bridgehead atoms. The lowest BCUT2D eigenvalue weighted by Gasteiger charge is -2.30. The normalized spacial score (nSPS) is 15.1. The monoisotopic (exact) mass is 398 g/mol. The highest BCUT2D eigenvalue weighted by atomic mass is 35.5. The fourth-order valence-electron chi connectivity index (χ4n) is 2.92. The maximum Gasteiger partial charge on any atom is 0.410 e. The van der Waals surface area contributed by atoms with Crippen LogP contribution in [0.1, 0.15) is 29.3 Å². The minimum Gasteiger partial charge on any atom is -0.445 e. The van der Waals surface area contributed by atoms with Gasteiger partial charge in [0.15, 0.2) is 11.6 Å². The largest absolute Gasteiger partial charge is 0.445 e. The van der Waals surface area contributed by atoms with E-state index in [9.17, 15) is 9.18 Å². The molecule has 1 aliphatic rings. The molecule has 0 atom stereocenters. The Hall–Kier alpha value is -2.06. The van der Waals surface area contributed by atoms with Crippen molar-refractivity contribution in [1.29, 1.82) is 0 Å². The van der Waals surface area contributed by atoms with Gasteiger partial charge in [0.2, 0.25) is 0 Å². The molecular weight excluding hydrogens is 379 g/mol. The molecule has 1 fully saturated rings. The zero-order valence-corrected chi connectivity index (χ0v) is 15.7. The smallest absolute Gasteiger partial charge is 0.410 e. The summed E-state index contributed by atoms with van der Waals surface area (Å²) in [7, 11) is 0. The van der Waals surface area contributed by atoms with E-state index in [0.717, 1.165) is 4.88 Å². The summed E-state index contributed by atoms with van der Waals surface area (Å²) >= 11 is 7.34. The van der Waals surface area contributed by atoms with Crippen molar-refractivity contribution in [3.05, 3.63) is 45.5 Å². The number of aromatic nitrogens is 2. The highest BCUT2D eigenvalue weighted by molar-refractivity contribution is 7.16. The van der Waals surface area contributed by atoms with Gasteiger partial charge < -0.3 is 15.0 Å². The van der Waals surface area contributed by atoms with E-state index in [1.54, 1.807) is 4.90 Å². The van der Waals surface area contributed by atoms with E-state index in [1.807, 2.05) is 12.1 Å². The molecule has 0 spiro atoms. The van der Waals surface area contributed by atoms with Crippen LogP contribution in [0, 0.1) is 5.82 Å². The maximum absolute atomic E-state index is 14.7. The van der Waals surface area contributed by atoms with Crippen LogP contribution < -0.4 is 5.32 Å². The van der Waals surface area contributed by atoms with Gasteiger partial charge in [-0.05, 0) is 25.0 Å². The average Bonchev–Trinajstić information content (AvgIpc) is 3.23. The van der Waals surface area contributed by atoms with Gasteiger partial charge in [0, 0.05) is 23.9 Å². The SMILES string of the molecule is C=CCOC(=O)N1CCC(c2[nH]nc(NCc3ccc(Cl)s3)c2F)CC1. The van der Waals surface area contributed by atoms with Gasteiger partial charge in [-0.25, -0.2) is 9.18 Å². The third-order valence-corrected chi connectivity index (χ3v) is 5.51. The molecule has 2 aromatic heterocycles. The Morgan fingerprint density at radius 1 is 1.54 bits per heavy atom. The van der Waals surface area contributed by atoms with Gasteiger partial charge in [-0.3, -0.25) is 5.10 Å². The summed E-state index contributed by atoms with van der Waals surface area (Å²) in [6, 6.07) is 3.70. The Morgan fingerprint density at radius 2 is 2.31 bits per heavy atom. The molecule has 0 unspecified atom stereocenters. The summed E-state index contributed by atoms with van der Waals surface area (Å²) < 4.78 is 20.4. The Kier molecular flexibility index (Phi) is 6.16. The van der Waals surface area contributed by atoms with E-state index in [0.29, 0.717) is 42.5 Å². The summed E-state index contributed by atoms with van der Waals surface area (Å²) in [6.07, 6.45) is 2.49. The van der Waals surface area contributed by atoms with Crippen molar-refractivity contribution in [3.63, 3.8) is 0 Å². The zero-order chi connectivity index (χ0) is 18.5. The molecular formula is C17H20ClFN4O2S. The molecule has 140 valence electrons. The lowest BCUT2D eigenvalue weighted by atomic mass is 9.93. The first-order valence-electron chi connectivity index (χ1n) is 8.33. The Bertz CT molecular complexity index is 771. The van der Waals surface area contributed by atoms with E-state index in [1.165, 1.54) is 17.4 Å². The summed E-state index contributed by atoms with van der Waals surface area (Å²) in [5, 5.41) is 9.85. The Morgan fingerprint density at radius 3 is 2.96 bits per heavy atom. The average molecular weight is 399 g/mol. The number of rotatable bonds is 6. The number of hydrogen-bond acceptors (Lipinski definition) is 5. The summed E-state index contributed by atoms with van der Waals surface area (Å²) in [4.78, 5) is 14.5. The highest BCUT2D eigenvalue weighted by Gasteiger charge is 2.28. The first-order valence-corrected chi connectivity index (χ1v) is 9.52. The van der Waals surface area contributed by atoms with Gasteiger partial charge in [0.25, 0.3) is 0 Å². The van der Waals surface area contributed by atoms with Gasteiger partial charge in [-0.15, -0.1) is 11.3 Å².